The average Bonchev–Trinajstić information content (AvgIpc) is 2.22. The minimum atomic E-state index is 0.466. The molecule has 2 nitrogen and oxygen atoms in total. The zero-order valence-electron chi connectivity index (χ0n) is 11.2. The van der Waals surface area contributed by atoms with Crippen molar-refractivity contribution in [3.05, 3.63) is 23.8 Å². The van der Waals surface area contributed by atoms with Gasteiger partial charge < -0.3 is 11.1 Å². The van der Waals surface area contributed by atoms with Crippen LogP contribution in [0.2, 0.25) is 0 Å². The second-order valence-corrected chi connectivity index (χ2v) is 6.14. The Balaban J connectivity index is 2.10. The second kappa shape index (κ2) is 4.59. The largest absolute Gasteiger partial charge is 0.397 e. The molecule has 0 spiro atoms. The predicted octanol–water partition coefficient (Wildman–Crippen LogP) is 3.96. The van der Waals surface area contributed by atoms with Crippen molar-refractivity contribution < 1.29 is 0 Å². The summed E-state index contributed by atoms with van der Waals surface area (Å²) in [6, 6.07) is 6.68. The van der Waals surface area contributed by atoms with Crippen LogP contribution in [0.15, 0.2) is 18.2 Å². The van der Waals surface area contributed by atoms with E-state index in [2.05, 4.69) is 32.2 Å². The fraction of sp³-hybridized carbons (Fsp3) is 0.600. The van der Waals surface area contributed by atoms with E-state index < -0.39 is 0 Å². The van der Waals surface area contributed by atoms with Crippen LogP contribution in [0.25, 0.3) is 0 Å². The highest BCUT2D eigenvalue weighted by molar-refractivity contribution is 5.70. The number of nitrogens with two attached hydrogens (primary N) is 1. The number of aryl methyl sites for hydroxylation is 1. The monoisotopic (exact) mass is 232 g/mol. The Hall–Kier alpha value is -1.18. The lowest BCUT2D eigenvalue weighted by molar-refractivity contribution is 0.229. The maximum Gasteiger partial charge on any atom is 0.0605 e. The third-order valence-corrected chi connectivity index (χ3v) is 3.86. The zero-order chi connectivity index (χ0) is 12.5. The third-order valence-electron chi connectivity index (χ3n) is 3.86. The molecule has 1 aromatic carbocycles. The van der Waals surface area contributed by atoms with Gasteiger partial charge in [-0.05, 0) is 43.2 Å². The molecule has 1 saturated carbocycles. The molecule has 1 aromatic rings. The van der Waals surface area contributed by atoms with E-state index in [1.165, 1.54) is 31.2 Å². The number of hydrogen-bond donors (Lipinski definition) is 2. The normalized spacial score (nSPS) is 23.4. The molecule has 0 bridgehead atoms. The number of rotatable bonds is 2. The van der Waals surface area contributed by atoms with Gasteiger partial charge in [0, 0.05) is 6.04 Å². The number of nitrogen functional groups attached to an aromatic ring is 1. The van der Waals surface area contributed by atoms with Crippen molar-refractivity contribution in [3.8, 4) is 0 Å². The van der Waals surface area contributed by atoms with E-state index in [9.17, 15) is 0 Å². The molecule has 1 aliphatic carbocycles. The van der Waals surface area contributed by atoms with Crippen LogP contribution in [0.1, 0.15) is 45.1 Å². The lowest BCUT2D eigenvalue weighted by Gasteiger charge is -2.36. The average molecular weight is 232 g/mol. The molecule has 3 N–H and O–H groups in total. The number of hydrogen-bond acceptors (Lipinski definition) is 2. The first kappa shape index (κ1) is 12.3. The Morgan fingerprint density at radius 1 is 1.35 bits per heavy atom. The molecule has 0 heterocycles. The summed E-state index contributed by atoms with van der Waals surface area (Å²) in [5, 5.41) is 3.65. The Morgan fingerprint density at radius 3 is 2.76 bits per heavy atom. The van der Waals surface area contributed by atoms with Gasteiger partial charge in [0.05, 0.1) is 11.4 Å². The fourth-order valence-corrected chi connectivity index (χ4v) is 2.91. The number of benzene rings is 1. The topological polar surface area (TPSA) is 38.0 Å². The van der Waals surface area contributed by atoms with E-state index in [-0.39, 0.29) is 0 Å². The van der Waals surface area contributed by atoms with Crippen LogP contribution < -0.4 is 11.1 Å². The molecule has 1 unspecified atom stereocenters. The first-order chi connectivity index (χ1) is 7.98. The first-order valence-electron chi connectivity index (χ1n) is 6.59. The molecule has 0 amide bonds. The van der Waals surface area contributed by atoms with Gasteiger partial charge in [0.25, 0.3) is 0 Å². The van der Waals surface area contributed by atoms with Crippen molar-refractivity contribution in [2.45, 2.75) is 52.5 Å². The predicted molar refractivity (Wildman–Crippen MR) is 75.3 cm³/mol. The second-order valence-electron chi connectivity index (χ2n) is 6.14. The molecule has 1 aliphatic rings. The Morgan fingerprint density at radius 2 is 2.12 bits per heavy atom. The van der Waals surface area contributed by atoms with Crippen molar-refractivity contribution in [1.82, 2.24) is 0 Å². The van der Waals surface area contributed by atoms with Crippen LogP contribution in [0, 0.1) is 12.3 Å². The van der Waals surface area contributed by atoms with Gasteiger partial charge in [0.1, 0.15) is 0 Å². The van der Waals surface area contributed by atoms with E-state index >= 15 is 0 Å². The molecular formula is C15H24N2. The van der Waals surface area contributed by atoms with Gasteiger partial charge in [-0.15, -0.1) is 0 Å². The van der Waals surface area contributed by atoms with Crippen molar-refractivity contribution in [2.75, 3.05) is 11.1 Å². The lowest BCUT2D eigenvalue weighted by Crippen LogP contribution is -2.32. The van der Waals surface area contributed by atoms with Crippen LogP contribution in [-0.4, -0.2) is 6.04 Å². The molecule has 0 aliphatic heterocycles. The summed E-state index contributed by atoms with van der Waals surface area (Å²) in [6.45, 7) is 6.84. The number of nitrogens with one attached hydrogen (secondary N) is 1. The van der Waals surface area contributed by atoms with Crippen LogP contribution >= 0.6 is 0 Å². The van der Waals surface area contributed by atoms with Crippen molar-refractivity contribution in [2.24, 2.45) is 5.41 Å². The molecular weight excluding hydrogens is 208 g/mol. The molecule has 94 valence electrons. The molecule has 0 saturated heterocycles. The summed E-state index contributed by atoms with van der Waals surface area (Å²) in [5.74, 6) is 0. The lowest BCUT2D eigenvalue weighted by atomic mass is 9.75. The van der Waals surface area contributed by atoms with E-state index in [0.717, 1.165) is 11.4 Å². The van der Waals surface area contributed by atoms with Gasteiger partial charge in [-0.25, -0.2) is 0 Å². The van der Waals surface area contributed by atoms with Gasteiger partial charge in [-0.2, -0.15) is 0 Å². The Bertz CT molecular complexity index is 376. The minimum absolute atomic E-state index is 0.466. The van der Waals surface area contributed by atoms with E-state index in [1.807, 2.05) is 12.1 Å². The van der Waals surface area contributed by atoms with Gasteiger partial charge in [0.2, 0.25) is 0 Å². The highest BCUT2D eigenvalue weighted by Crippen LogP contribution is 2.37. The molecule has 0 aromatic heterocycles. The van der Waals surface area contributed by atoms with Gasteiger partial charge in [-0.3, -0.25) is 0 Å². The minimum Gasteiger partial charge on any atom is -0.397 e. The quantitative estimate of drug-likeness (QED) is 0.757. The summed E-state index contributed by atoms with van der Waals surface area (Å²) >= 11 is 0. The van der Waals surface area contributed by atoms with Crippen molar-refractivity contribution in [1.29, 1.82) is 0 Å². The van der Waals surface area contributed by atoms with E-state index in [1.54, 1.807) is 0 Å². The van der Waals surface area contributed by atoms with Crippen molar-refractivity contribution in [3.63, 3.8) is 0 Å². The first-order valence-corrected chi connectivity index (χ1v) is 6.59. The van der Waals surface area contributed by atoms with Gasteiger partial charge in [-0.1, -0.05) is 32.4 Å². The maximum atomic E-state index is 6.04. The molecule has 17 heavy (non-hydrogen) atoms. The zero-order valence-corrected chi connectivity index (χ0v) is 11.2. The summed E-state index contributed by atoms with van der Waals surface area (Å²) < 4.78 is 0. The Labute approximate surface area is 105 Å². The summed E-state index contributed by atoms with van der Waals surface area (Å²) in [4.78, 5) is 0. The summed E-state index contributed by atoms with van der Waals surface area (Å²) in [6.07, 6.45) is 5.16. The van der Waals surface area contributed by atoms with Crippen LogP contribution in [0.4, 0.5) is 11.4 Å². The van der Waals surface area contributed by atoms with Crippen LogP contribution in [0.5, 0.6) is 0 Å². The summed E-state index contributed by atoms with van der Waals surface area (Å²) in [5.41, 5.74) is 9.76. The standard InChI is InChI=1S/C15H24N2/c1-11-6-4-8-13(16)14(11)17-12-7-5-9-15(2,3)10-12/h4,6,8,12,17H,5,7,9-10,16H2,1-3H3. The number of anilines is 2. The van der Waals surface area contributed by atoms with Crippen LogP contribution in [0.3, 0.4) is 0 Å². The fourth-order valence-electron chi connectivity index (χ4n) is 2.91. The molecule has 1 atom stereocenters. The highest BCUT2D eigenvalue weighted by Gasteiger charge is 2.28. The number of para-hydroxylation sites is 1. The maximum absolute atomic E-state index is 6.04. The smallest absolute Gasteiger partial charge is 0.0605 e. The van der Waals surface area contributed by atoms with E-state index in [4.69, 9.17) is 5.73 Å². The highest BCUT2D eigenvalue weighted by atomic mass is 14.9. The molecule has 0 radical (unpaired) electrons. The van der Waals surface area contributed by atoms with Crippen molar-refractivity contribution >= 4 is 11.4 Å². The van der Waals surface area contributed by atoms with Gasteiger partial charge >= 0.3 is 0 Å². The van der Waals surface area contributed by atoms with Crippen LogP contribution in [-0.2, 0) is 0 Å². The SMILES string of the molecule is Cc1cccc(N)c1NC1CCCC(C)(C)C1. The Kier molecular flexibility index (Phi) is 3.32. The molecule has 2 heteroatoms. The molecule has 1 fully saturated rings. The van der Waals surface area contributed by atoms with Gasteiger partial charge in [0.15, 0.2) is 0 Å². The molecule has 2 rings (SSSR count). The van der Waals surface area contributed by atoms with E-state index in [0.29, 0.717) is 11.5 Å². The summed E-state index contributed by atoms with van der Waals surface area (Å²) in [7, 11) is 0. The third kappa shape index (κ3) is 2.93.